The van der Waals surface area contributed by atoms with Crippen molar-refractivity contribution in [3.05, 3.63) is 0 Å². The Bertz CT molecular complexity index is 108. The molecule has 0 aliphatic carbocycles. The molecule has 1 heterocycles. The fourth-order valence-electron chi connectivity index (χ4n) is 1.47. The second-order valence-electron chi connectivity index (χ2n) is 3.82. The highest BCUT2D eigenvalue weighted by atomic mass is 15.2. The zero-order valence-electron chi connectivity index (χ0n) is 7.22. The predicted molar refractivity (Wildman–Crippen MR) is 43.9 cm³/mol. The normalized spacial score (nSPS) is 34.2. The van der Waals surface area contributed by atoms with Crippen molar-refractivity contribution >= 4 is 0 Å². The Balaban J connectivity index is 2.63. The maximum absolute atomic E-state index is 5.96. The minimum atomic E-state index is 0.207. The number of nitrogens with zero attached hydrogens (tertiary/aromatic N) is 1. The van der Waals surface area contributed by atoms with E-state index >= 15 is 0 Å². The molecule has 60 valence electrons. The third kappa shape index (κ3) is 1.18. The summed E-state index contributed by atoms with van der Waals surface area (Å²) in [6, 6.07) is 0.353. The smallest absolute Gasteiger partial charge is 0.0301 e. The molecule has 10 heavy (non-hydrogen) atoms. The van der Waals surface area contributed by atoms with E-state index in [1.54, 1.807) is 0 Å². The van der Waals surface area contributed by atoms with E-state index in [1.165, 1.54) is 19.4 Å². The number of nitrogens with two attached hydrogens (primary N) is 1. The number of hydrogen-bond donors (Lipinski definition) is 1. The van der Waals surface area contributed by atoms with Crippen molar-refractivity contribution < 1.29 is 0 Å². The minimum Gasteiger partial charge on any atom is -0.326 e. The SMILES string of the molecule is CN1CCCC(N)C1(C)C. The lowest BCUT2D eigenvalue weighted by atomic mass is 9.86. The van der Waals surface area contributed by atoms with Gasteiger partial charge in [-0.2, -0.15) is 0 Å². The van der Waals surface area contributed by atoms with E-state index in [0.29, 0.717) is 6.04 Å². The zero-order valence-corrected chi connectivity index (χ0v) is 7.22. The van der Waals surface area contributed by atoms with E-state index in [0.717, 1.165) is 0 Å². The molecular weight excluding hydrogens is 124 g/mol. The fourth-order valence-corrected chi connectivity index (χ4v) is 1.47. The molecule has 1 rings (SSSR count). The highest BCUT2D eigenvalue weighted by molar-refractivity contribution is 4.93. The molecule has 2 N–H and O–H groups in total. The predicted octanol–water partition coefficient (Wildman–Crippen LogP) is 0.818. The summed E-state index contributed by atoms with van der Waals surface area (Å²) in [5.74, 6) is 0. The van der Waals surface area contributed by atoms with E-state index in [2.05, 4.69) is 25.8 Å². The average molecular weight is 142 g/mol. The van der Waals surface area contributed by atoms with Crippen LogP contribution in [0.4, 0.5) is 0 Å². The molecule has 1 fully saturated rings. The summed E-state index contributed by atoms with van der Waals surface area (Å²) < 4.78 is 0. The van der Waals surface area contributed by atoms with Gasteiger partial charge in [0.25, 0.3) is 0 Å². The van der Waals surface area contributed by atoms with Crippen molar-refractivity contribution in [2.45, 2.75) is 38.3 Å². The van der Waals surface area contributed by atoms with E-state index in [4.69, 9.17) is 5.73 Å². The van der Waals surface area contributed by atoms with Gasteiger partial charge in [0.2, 0.25) is 0 Å². The van der Waals surface area contributed by atoms with Crippen LogP contribution in [0, 0.1) is 0 Å². The third-order valence-electron chi connectivity index (χ3n) is 2.90. The fraction of sp³-hybridized carbons (Fsp3) is 1.00. The lowest BCUT2D eigenvalue weighted by Gasteiger charge is -2.44. The van der Waals surface area contributed by atoms with Gasteiger partial charge in [-0.15, -0.1) is 0 Å². The van der Waals surface area contributed by atoms with Crippen LogP contribution in [-0.2, 0) is 0 Å². The van der Waals surface area contributed by atoms with Crippen molar-refractivity contribution in [3.8, 4) is 0 Å². The quantitative estimate of drug-likeness (QED) is 0.542. The van der Waals surface area contributed by atoms with Gasteiger partial charge >= 0.3 is 0 Å². The van der Waals surface area contributed by atoms with Crippen molar-refractivity contribution in [1.29, 1.82) is 0 Å². The largest absolute Gasteiger partial charge is 0.326 e. The van der Waals surface area contributed by atoms with Gasteiger partial charge in [0.1, 0.15) is 0 Å². The summed E-state index contributed by atoms with van der Waals surface area (Å²) in [5, 5.41) is 0. The topological polar surface area (TPSA) is 29.3 Å². The molecule has 0 aromatic carbocycles. The van der Waals surface area contributed by atoms with E-state index in [1.807, 2.05) is 0 Å². The summed E-state index contributed by atoms with van der Waals surface area (Å²) >= 11 is 0. The summed E-state index contributed by atoms with van der Waals surface area (Å²) in [4.78, 5) is 2.35. The summed E-state index contributed by atoms with van der Waals surface area (Å²) in [6.45, 7) is 5.63. The molecule has 1 atom stereocenters. The van der Waals surface area contributed by atoms with E-state index < -0.39 is 0 Å². The Labute approximate surface area is 63.4 Å². The molecular formula is C8H18N2. The van der Waals surface area contributed by atoms with Gasteiger partial charge < -0.3 is 5.73 Å². The van der Waals surface area contributed by atoms with Gasteiger partial charge in [0.15, 0.2) is 0 Å². The summed E-state index contributed by atoms with van der Waals surface area (Å²) in [7, 11) is 2.15. The first-order valence-electron chi connectivity index (χ1n) is 4.02. The van der Waals surface area contributed by atoms with Gasteiger partial charge in [-0.05, 0) is 40.3 Å². The number of likely N-dealkylation sites (tertiary alicyclic amines) is 1. The molecule has 2 heteroatoms. The van der Waals surface area contributed by atoms with Crippen LogP contribution in [0.3, 0.4) is 0 Å². The zero-order chi connectivity index (χ0) is 7.78. The van der Waals surface area contributed by atoms with E-state index in [9.17, 15) is 0 Å². The van der Waals surface area contributed by atoms with Gasteiger partial charge in [-0.3, -0.25) is 4.90 Å². The van der Waals surface area contributed by atoms with Crippen LogP contribution in [0.25, 0.3) is 0 Å². The van der Waals surface area contributed by atoms with Crippen LogP contribution in [0.2, 0.25) is 0 Å². The Morgan fingerprint density at radius 2 is 2.10 bits per heavy atom. The highest BCUT2D eigenvalue weighted by Gasteiger charge is 2.33. The van der Waals surface area contributed by atoms with Gasteiger partial charge in [0.05, 0.1) is 0 Å². The number of piperidine rings is 1. The van der Waals surface area contributed by atoms with Crippen LogP contribution in [0.1, 0.15) is 26.7 Å². The number of rotatable bonds is 0. The second kappa shape index (κ2) is 2.51. The van der Waals surface area contributed by atoms with Crippen LogP contribution < -0.4 is 5.73 Å². The molecule has 0 saturated carbocycles. The minimum absolute atomic E-state index is 0.207. The molecule has 0 aromatic heterocycles. The Hall–Kier alpha value is -0.0800. The molecule has 2 nitrogen and oxygen atoms in total. The van der Waals surface area contributed by atoms with E-state index in [-0.39, 0.29) is 5.54 Å². The van der Waals surface area contributed by atoms with Crippen LogP contribution in [-0.4, -0.2) is 30.1 Å². The first kappa shape index (κ1) is 8.02. The van der Waals surface area contributed by atoms with Crippen LogP contribution in [0.15, 0.2) is 0 Å². The lowest BCUT2D eigenvalue weighted by Crippen LogP contribution is -2.57. The molecule has 0 amide bonds. The first-order valence-corrected chi connectivity index (χ1v) is 4.02. The van der Waals surface area contributed by atoms with Crippen molar-refractivity contribution in [2.24, 2.45) is 5.73 Å². The molecule has 1 saturated heterocycles. The maximum Gasteiger partial charge on any atom is 0.0301 e. The summed E-state index contributed by atoms with van der Waals surface area (Å²) in [5.41, 5.74) is 6.17. The van der Waals surface area contributed by atoms with Gasteiger partial charge in [-0.1, -0.05) is 0 Å². The van der Waals surface area contributed by atoms with Crippen LogP contribution >= 0.6 is 0 Å². The molecule has 1 unspecified atom stereocenters. The third-order valence-corrected chi connectivity index (χ3v) is 2.90. The van der Waals surface area contributed by atoms with Crippen LogP contribution in [0.5, 0.6) is 0 Å². The molecule has 0 spiro atoms. The maximum atomic E-state index is 5.96. The molecule has 1 aliphatic rings. The van der Waals surface area contributed by atoms with Gasteiger partial charge in [0, 0.05) is 11.6 Å². The van der Waals surface area contributed by atoms with Crippen molar-refractivity contribution in [1.82, 2.24) is 4.90 Å². The molecule has 1 aliphatic heterocycles. The van der Waals surface area contributed by atoms with Crippen molar-refractivity contribution in [2.75, 3.05) is 13.6 Å². The monoisotopic (exact) mass is 142 g/mol. The second-order valence-corrected chi connectivity index (χ2v) is 3.82. The number of likely N-dealkylation sites (N-methyl/N-ethyl adjacent to an activating group) is 1. The molecule has 0 bridgehead atoms. The molecule has 0 aromatic rings. The number of hydrogen-bond acceptors (Lipinski definition) is 2. The Morgan fingerprint density at radius 1 is 1.50 bits per heavy atom. The molecule has 0 radical (unpaired) electrons. The van der Waals surface area contributed by atoms with Gasteiger partial charge in [-0.25, -0.2) is 0 Å². The first-order chi connectivity index (χ1) is 4.55. The standard InChI is InChI=1S/C8H18N2/c1-8(2)7(9)5-4-6-10(8)3/h7H,4-6,9H2,1-3H3. The Morgan fingerprint density at radius 3 is 2.50 bits per heavy atom. The highest BCUT2D eigenvalue weighted by Crippen LogP contribution is 2.24. The van der Waals surface area contributed by atoms with Crippen molar-refractivity contribution in [3.63, 3.8) is 0 Å². The lowest BCUT2D eigenvalue weighted by molar-refractivity contribution is 0.0852. The Kier molecular flexibility index (Phi) is 2.02. The summed E-state index contributed by atoms with van der Waals surface area (Å²) in [6.07, 6.45) is 2.43. The average Bonchev–Trinajstić information content (AvgIpc) is 1.84.